The Kier molecular flexibility index (Phi) is 22.4. The first-order valence-corrected chi connectivity index (χ1v) is 30.1. The van der Waals surface area contributed by atoms with Crippen LogP contribution in [0.2, 0.25) is 0 Å². The fourth-order valence-corrected chi connectivity index (χ4v) is 10.0. The van der Waals surface area contributed by atoms with Crippen molar-refractivity contribution in [1.29, 1.82) is 0 Å². The second-order valence-electron chi connectivity index (χ2n) is 20.3. The first-order valence-electron chi connectivity index (χ1n) is 25.8. The van der Waals surface area contributed by atoms with Gasteiger partial charge in [0.2, 0.25) is 23.3 Å². The standard InChI is InChI=1S/2C31H31F4NO2.2ClH.Ti/c2*1-4-15-38-30-26(34)24(32)28(25(33)27(30)35)36-18-20-16-22(31(2,3)21-13-9-6-10-14-21)17-23(29(20)37)19-11-7-5-8-12-19;;;/h2*4,6,9-10,13-14,16-19,37H,1,5,7-8,11-12,15H2,2-3H3;2*1H;/q;;;;+2/p-2. The van der Waals surface area contributed by atoms with E-state index in [0.717, 1.165) is 110 Å². The minimum atomic E-state index is -1.69. The molecule has 2 aliphatic carbocycles. The van der Waals surface area contributed by atoms with Crippen LogP contribution in [0, 0.1) is 46.5 Å². The Labute approximate surface area is 473 Å². The van der Waals surface area contributed by atoms with Crippen LogP contribution in [0.1, 0.15) is 148 Å². The number of benzene rings is 6. The number of phenolic OH excluding ortho intramolecular Hbond substituents is 2. The molecular weight excluding hydrogens is 1110 g/mol. The van der Waals surface area contributed by atoms with Gasteiger partial charge in [0.15, 0.2) is 34.8 Å². The van der Waals surface area contributed by atoms with Gasteiger partial charge in [-0.05, 0) is 83.0 Å². The predicted octanol–water partition coefficient (Wildman–Crippen LogP) is 18.7. The molecule has 6 nitrogen and oxygen atoms in total. The van der Waals surface area contributed by atoms with Gasteiger partial charge >= 0.3 is 35.6 Å². The summed E-state index contributed by atoms with van der Waals surface area (Å²) in [6, 6.07) is 27.0. The van der Waals surface area contributed by atoms with E-state index in [2.05, 4.69) is 23.1 Å². The van der Waals surface area contributed by atoms with Crippen molar-refractivity contribution in [2.75, 3.05) is 13.2 Å². The van der Waals surface area contributed by atoms with Crippen LogP contribution in [0.15, 0.2) is 120 Å². The molecule has 2 saturated carbocycles. The maximum absolute atomic E-state index is 14.7. The van der Waals surface area contributed by atoms with Crippen molar-refractivity contribution in [3.63, 3.8) is 0 Å². The van der Waals surface area contributed by atoms with Gasteiger partial charge in [0.1, 0.15) is 36.1 Å². The molecule has 0 aliphatic heterocycles. The third kappa shape index (κ3) is 14.5. The van der Waals surface area contributed by atoms with E-state index in [4.69, 9.17) is 28.1 Å². The molecule has 17 heteroatoms. The van der Waals surface area contributed by atoms with Crippen molar-refractivity contribution >= 4 is 42.4 Å². The van der Waals surface area contributed by atoms with E-state index in [1.807, 2.05) is 100 Å². The quantitative estimate of drug-likeness (QED) is 0.0333. The van der Waals surface area contributed by atoms with Crippen LogP contribution < -0.4 is 9.47 Å². The molecule has 6 aromatic carbocycles. The molecule has 0 heterocycles. The molecule has 8 rings (SSSR count). The fraction of sp³-hybridized carbons (Fsp3) is 0.323. The average Bonchev–Trinajstić information content (AvgIpc) is 3.50. The zero-order valence-corrected chi connectivity index (χ0v) is 47.4. The summed E-state index contributed by atoms with van der Waals surface area (Å²) < 4.78 is 126. The van der Waals surface area contributed by atoms with Crippen molar-refractivity contribution < 1.29 is 71.8 Å². The number of rotatable bonds is 16. The molecule has 0 spiro atoms. The van der Waals surface area contributed by atoms with E-state index < -0.39 is 97.3 Å². The van der Waals surface area contributed by atoms with Gasteiger partial charge in [-0.1, -0.05) is 164 Å². The van der Waals surface area contributed by atoms with Crippen molar-refractivity contribution in [3.05, 3.63) is 201 Å². The van der Waals surface area contributed by atoms with Gasteiger partial charge in [-0.2, -0.15) is 17.6 Å². The number of ether oxygens (including phenoxy) is 2. The van der Waals surface area contributed by atoms with Crippen molar-refractivity contribution in [2.45, 2.75) is 115 Å². The van der Waals surface area contributed by atoms with Crippen molar-refractivity contribution in [1.82, 2.24) is 0 Å². The SMILES string of the molecule is C=CCOc1c(F)c(F)c(N=Cc2cc(C(C)(C)c3ccccc3)cc(C3CCCCC3)c2O)c(F)c1F.C=CCOc1c(F)c(F)c(N=Cc2cc(C(C)(C)c3ccccc3)cc(C3CCCCC3)c2O)c(F)c1F.[Cl][Ti][Cl]. The molecule has 0 radical (unpaired) electrons. The molecule has 79 heavy (non-hydrogen) atoms. The molecule has 0 unspecified atom stereocenters. The summed E-state index contributed by atoms with van der Waals surface area (Å²) in [7, 11) is 9.78. The summed E-state index contributed by atoms with van der Waals surface area (Å²) in [6.45, 7) is 14.2. The first-order chi connectivity index (χ1) is 37.7. The Bertz CT molecular complexity index is 2880. The van der Waals surface area contributed by atoms with Gasteiger partial charge in [-0.15, -0.1) is 0 Å². The van der Waals surface area contributed by atoms with Crippen LogP contribution >= 0.6 is 18.6 Å². The molecule has 2 aliphatic rings. The van der Waals surface area contributed by atoms with Gasteiger partial charge in [-0.3, -0.25) is 0 Å². The zero-order valence-electron chi connectivity index (χ0n) is 44.3. The Hall–Kier alpha value is -5.93. The minimum absolute atomic E-state index is 0.0547. The Morgan fingerprint density at radius 1 is 0.506 bits per heavy atom. The molecule has 0 aromatic heterocycles. The summed E-state index contributed by atoms with van der Waals surface area (Å²) in [5, 5.41) is 22.4. The van der Waals surface area contributed by atoms with Crippen LogP contribution in [0.3, 0.4) is 0 Å². The van der Waals surface area contributed by atoms with E-state index >= 15 is 0 Å². The first kappa shape index (κ1) is 62.3. The molecule has 0 bridgehead atoms. The van der Waals surface area contributed by atoms with Crippen molar-refractivity contribution in [2.24, 2.45) is 9.98 Å². The molecule has 418 valence electrons. The van der Waals surface area contributed by atoms with Crippen LogP contribution in [0.25, 0.3) is 0 Å². The topological polar surface area (TPSA) is 83.6 Å². The van der Waals surface area contributed by atoms with E-state index in [9.17, 15) is 45.3 Å². The van der Waals surface area contributed by atoms with Gasteiger partial charge in [0.05, 0.1) is 0 Å². The molecule has 2 N–H and O–H groups in total. The second kappa shape index (κ2) is 28.5. The average molecular weight is 1170 g/mol. The third-order valence-corrected chi connectivity index (χ3v) is 14.6. The van der Waals surface area contributed by atoms with E-state index in [-0.39, 0.29) is 47.7 Å². The monoisotopic (exact) mass is 1170 g/mol. The Morgan fingerprint density at radius 3 is 1.10 bits per heavy atom. The number of hydrogen-bond acceptors (Lipinski definition) is 6. The zero-order chi connectivity index (χ0) is 57.6. The van der Waals surface area contributed by atoms with Gasteiger partial charge < -0.3 is 19.7 Å². The summed E-state index contributed by atoms with van der Waals surface area (Å²) >= 11 is -0.556. The number of phenols is 2. The summed E-state index contributed by atoms with van der Waals surface area (Å²) in [5.74, 6) is -15.7. The van der Waals surface area contributed by atoms with Crippen LogP contribution in [0.5, 0.6) is 23.0 Å². The number of nitrogens with zero attached hydrogens (tertiary/aromatic N) is 2. The Balaban J connectivity index is 0.000000243. The molecule has 0 saturated heterocycles. The number of hydrogen-bond donors (Lipinski definition) is 2. The summed E-state index contributed by atoms with van der Waals surface area (Å²) in [4.78, 5) is 7.54. The Morgan fingerprint density at radius 2 is 0.810 bits per heavy atom. The summed E-state index contributed by atoms with van der Waals surface area (Å²) in [5.41, 5.74) is 2.48. The predicted molar refractivity (Wildman–Crippen MR) is 295 cm³/mol. The molecule has 0 amide bonds. The fourth-order valence-electron chi connectivity index (χ4n) is 10.0. The van der Waals surface area contributed by atoms with Crippen LogP contribution in [-0.4, -0.2) is 35.9 Å². The second-order valence-corrected chi connectivity index (χ2v) is 22.9. The molecule has 2 fully saturated rings. The number of aliphatic imine (C=N–C) groups is 2. The number of aromatic hydroxyl groups is 2. The third-order valence-electron chi connectivity index (χ3n) is 14.6. The van der Waals surface area contributed by atoms with E-state index in [1.54, 1.807) is 12.1 Å². The van der Waals surface area contributed by atoms with Crippen LogP contribution in [-0.2, 0) is 27.9 Å². The molecule has 0 atom stereocenters. The van der Waals surface area contributed by atoms with E-state index in [1.165, 1.54) is 12.2 Å². The van der Waals surface area contributed by atoms with E-state index in [0.29, 0.717) is 0 Å². The van der Waals surface area contributed by atoms with Gasteiger partial charge in [0, 0.05) is 34.4 Å². The maximum atomic E-state index is 14.7. The number of halogens is 10. The van der Waals surface area contributed by atoms with Gasteiger partial charge in [0.25, 0.3) is 0 Å². The molecular formula is C62H62Cl2F8N2O4Ti. The van der Waals surface area contributed by atoms with Crippen LogP contribution in [0.4, 0.5) is 46.5 Å². The summed E-state index contributed by atoms with van der Waals surface area (Å²) in [6.07, 6.45) is 14.5. The van der Waals surface area contributed by atoms with Crippen molar-refractivity contribution in [3.8, 4) is 23.0 Å². The molecule has 6 aromatic rings. The van der Waals surface area contributed by atoms with Gasteiger partial charge in [-0.25, -0.2) is 27.5 Å². The normalized spacial score (nSPS) is 14.3.